The molecular weight excluding hydrogens is 605 g/mol. The van der Waals surface area contributed by atoms with Crippen molar-refractivity contribution in [1.29, 1.82) is 0 Å². The molecule has 0 aliphatic rings. The van der Waals surface area contributed by atoms with Crippen LogP contribution in [0.3, 0.4) is 0 Å². The second-order valence-corrected chi connectivity index (χ2v) is 12.8. The minimum absolute atomic E-state index is 0.101. The van der Waals surface area contributed by atoms with E-state index >= 15 is 0 Å². The molecule has 6 rings (SSSR count). The first-order valence-corrected chi connectivity index (χ1v) is 17.1. The van der Waals surface area contributed by atoms with E-state index in [0.717, 1.165) is 51.8 Å². The summed E-state index contributed by atoms with van der Waals surface area (Å²) in [4.78, 5) is 16.7. The number of tetrazole rings is 1. The summed E-state index contributed by atoms with van der Waals surface area (Å²) in [6.07, 6.45) is 2.00. The molecule has 1 aromatic heterocycles. The summed E-state index contributed by atoms with van der Waals surface area (Å²) in [6.45, 7) is 6.68. The van der Waals surface area contributed by atoms with Crippen molar-refractivity contribution in [3.8, 4) is 22.5 Å². The Hall–Kier alpha value is -5.40. The van der Waals surface area contributed by atoms with Gasteiger partial charge in [0.15, 0.2) is 5.54 Å². The lowest BCUT2D eigenvalue weighted by molar-refractivity contribution is -0.135. The van der Waals surface area contributed by atoms with Crippen molar-refractivity contribution in [2.24, 2.45) is 11.7 Å². The van der Waals surface area contributed by atoms with E-state index in [1.165, 1.54) is 0 Å². The van der Waals surface area contributed by atoms with Crippen LogP contribution in [-0.2, 0) is 16.9 Å². The normalized spacial score (nSPS) is 12.2. The van der Waals surface area contributed by atoms with Crippen LogP contribution in [0.2, 0.25) is 0 Å². The standard InChI is InChI=1S/C42H44N6O/c1-4-5-25-39(49)47(40(43)31(2)3)30-32-26-28-33(29-27-32)37-23-15-16-24-38(37)41-44-46-48(45-41)42(34-17-9-6-10-18-34,35-19-11-7-12-20-35)36-21-13-8-14-22-36/h6-24,26-29,31,40H,4-5,25,30,43H2,1-3H3. The molecule has 5 aromatic carbocycles. The molecule has 1 unspecified atom stereocenters. The van der Waals surface area contributed by atoms with Gasteiger partial charge in [0.1, 0.15) is 0 Å². The largest absolute Gasteiger partial charge is 0.323 e. The zero-order valence-corrected chi connectivity index (χ0v) is 28.5. The Bertz CT molecular complexity index is 1840. The highest BCUT2D eigenvalue weighted by Gasteiger charge is 2.41. The van der Waals surface area contributed by atoms with Crippen molar-refractivity contribution < 1.29 is 4.79 Å². The number of rotatable bonds is 13. The number of carbonyl (C=O) groups excluding carboxylic acids is 1. The highest BCUT2D eigenvalue weighted by molar-refractivity contribution is 5.80. The number of hydrogen-bond acceptors (Lipinski definition) is 5. The molecule has 0 fully saturated rings. The average Bonchev–Trinajstić information content (AvgIpc) is 3.65. The molecule has 0 saturated heterocycles. The number of carbonyl (C=O) groups is 1. The number of amides is 1. The second-order valence-electron chi connectivity index (χ2n) is 12.8. The third-order valence-corrected chi connectivity index (χ3v) is 9.18. The van der Waals surface area contributed by atoms with Gasteiger partial charge in [-0.25, -0.2) is 0 Å². The van der Waals surface area contributed by atoms with Crippen molar-refractivity contribution in [1.82, 2.24) is 25.1 Å². The summed E-state index contributed by atoms with van der Waals surface area (Å²) in [7, 11) is 0. The molecule has 0 spiro atoms. The van der Waals surface area contributed by atoms with Gasteiger partial charge in [-0.05, 0) is 50.9 Å². The van der Waals surface area contributed by atoms with Crippen LogP contribution in [0, 0.1) is 5.92 Å². The number of benzene rings is 5. The fourth-order valence-electron chi connectivity index (χ4n) is 6.46. The summed E-state index contributed by atoms with van der Waals surface area (Å²) >= 11 is 0. The molecule has 1 amide bonds. The Labute approximate surface area is 289 Å². The van der Waals surface area contributed by atoms with Crippen LogP contribution >= 0.6 is 0 Å². The minimum atomic E-state index is -0.858. The maximum absolute atomic E-state index is 13.1. The lowest BCUT2D eigenvalue weighted by Gasteiger charge is -2.34. The maximum Gasteiger partial charge on any atom is 0.224 e. The Balaban J connectivity index is 1.38. The highest BCUT2D eigenvalue weighted by atomic mass is 16.2. The third-order valence-electron chi connectivity index (χ3n) is 9.18. The zero-order chi connectivity index (χ0) is 34.2. The van der Waals surface area contributed by atoms with E-state index in [1.807, 2.05) is 77.7 Å². The Morgan fingerprint density at radius 1 is 0.735 bits per heavy atom. The van der Waals surface area contributed by atoms with Gasteiger partial charge >= 0.3 is 0 Å². The summed E-state index contributed by atoms with van der Waals surface area (Å²) in [5, 5.41) is 14.6. The van der Waals surface area contributed by atoms with Crippen LogP contribution in [0.1, 0.15) is 62.3 Å². The molecule has 49 heavy (non-hydrogen) atoms. The minimum Gasteiger partial charge on any atom is -0.323 e. The molecule has 6 aromatic rings. The summed E-state index contributed by atoms with van der Waals surface area (Å²) < 4.78 is 0. The lowest BCUT2D eigenvalue weighted by atomic mass is 9.77. The number of nitrogens with zero attached hydrogens (tertiary/aromatic N) is 5. The van der Waals surface area contributed by atoms with Gasteiger partial charge in [-0.2, -0.15) is 0 Å². The lowest BCUT2D eigenvalue weighted by Crippen LogP contribution is -2.48. The Kier molecular flexibility index (Phi) is 10.4. The molecule has 7 heteroatoms. The Morgan fingerprint density at radius 3 is 1.76 bits per heavy atom. The fraction of sp³-hybridized carbons (Fsp3) is 0.238. The van der Waals surface area contributed by atoms with Crippen LogP contribution in [0.4, 0.5) is 0 Å². The van der Waals surface area contributed by atoms with E-state index in [1.54, 1.807) is 4.80 Å². The number of aromatic nitrogens is 4. The molecular formula is C42H44N6O. The first-order valence-electron chi connectivity index (χ1n) is 17.1. The van der Waals surface area contributed by atoms with Gasteiger partial charge in [0.2, 0.25) is 11.7 Å². The molecule has 0 radical (unpaired) electrons. The van der Waals surface area contributed by atoms with Crippen molar-refractivity contribution >= 4 is 5.91 Å². The van der Waals surface area contributed by atoms with Gasteiger partial charge in [-0.3, -0.25) is 4.79 Å². The maximum atomic E-state index is 13.1. The van der Waals surface area contributed by atoms with E-state index in [9.17, 15) is 4.79 Å². The van der Waals surface area contributed by atoms with Crippen molar-refractivity contribution in [3.05, 3.63) is 162 Å². The van der Waals surface area contributed by atoms with Crippen LogP contribution in [0.5, 0.6) is 0 Å². The number of hydrogen-bond donors (Lipinski definition) is 1. The van der Waals surface area contributed by atoms with Gasteiger partial charge in [0.25, 0.3) is 0 Å². The average molecular weight is 649 g/mol. The first kappa shape index (κ1) is 33.5. The van der Waals surface area contributed by atoms with E-state index in [4.69, 9.17) is 21.1 Å². The zero-order valence-electron chi connectivity index (χ0n) is 28.5. The van der Waals surface area contributed by atoms with Crippen molar-refractivity contribution in [2.75, 3.05) is 0 Å². The van der Waals surface area contributed by atoms with Gasteiger partial charge in [-0.15, -0.1) is 15.0 Å². The summed E-state index contributed by atoms with van der Waals surface area (Å²) in [5.74, 6) is 0.786. The van der Waals surface area contributed by atoms with Crippen LogP contribution < -0.4 is 5.73 Å². The van der Waals surface area contributed by atoms with E-state index < -0.39 is 5.54 Å². The van der Waals surface area contributed by atoms with Gasteiger partial charge in [0, 0.05) is 18.5 Å². The molecule has 0 bridgehead atoms. The molecule has 1 atom stereocenters. The topological polar surface area (TPSA) is 89.9 Å². The predicted molar refractivity (Wildman–Crippen MR) is 196 cm³/mol. The SMILES string of the molecule is CCCCC(=O)N(Cc1ccc(-c2ccccc2-c2nnn(C(c3ccccc3)(c3ccccc3)c3ccccc3)n2)cc1)C(N)C(C)C. The smallest absolute Gasteiger partial charge is 0.224 e. The third kappa shape index (κ3) is 6.94. The van der Waals surface area contributed by atoms with E-state index in [0.29, 0.717) is 18.8 Å². The Morgan fingerprint density at radius 2 is 1.24 bits per heavy atom. The van der Waals surface area contributed by atoms with E-state index in [2.05, 4.69) is 87.5 Å². The van der Waals surface area contributed by atoms with Crippen molar-refractivity contribution in [3.63, 3.8) is 0 Å². The molecule has 0 aliphatic carbocycles. The molecule has 2 N–H and O–H groups in total. The quantitative estimate of drug-likeness (QED) is 0.101. The van der Waals surface area contributed by atoms with Gasteiger partial charge < -0.3 is 10.6 Å². The molecule has 0 aliphatic heterocycles. The van der Waals surface area contributed by atoms with Crippen LogP contribution in [0.15, 0.2) is 140 Å². The number of unbranched alkanes of at least 4 members (excludes halogenated alkanes) is 1. The van der Waals surface area contributed by atoms with Crippen LogP contribution in [0.25, 0.3) is 22.5 Å². The van der Waals surface area contributed by atoms with Gasteiger partial charge in [-0.1, -0.05) is 167 Å². The summed E-state index contributed by atoms with van der Waals surface area (Å²) in [5.41, 5.74) is 12.7. The number of nitrogens with two attached hydrogens (primary N) is 1. The molecule has 0 saturated carbocycles. The molecule has 1 heterocycles. The fourth-order valence-corrected chi connectivity index (χ4v) is 6.46. The molecule has 7 nitrogen and oxygen atoms in total. The van der Waals surface area contributed by atoms with E-state index in [-0.39, 0.29) is 18.0 Å². The van der Waals surface area contributed by atoms with Gasteiger partial charge in [0.05, 0.1) is 6.17 Å². The predicted octanol–water partition coefficient (Wildman–Crippen LogP) is 8.31. The van der Waals surface area contributed by atoms with Crippen molar-refractivity contribution in [2.45, 2.75) is 58.3 Å². The first-order chi connectivity index (χ1) is 23.9. The highest BCUT2D eigenvalue weighted by Crippen LogP contribution is 2.40. The molecule has 248 valence electrons. The second kappa shape index (κ2) is 15.2. The van der Waals surface area contributed by atoms with Crippen LogP contribution in [-0.4, -0.2) is 37.2 Å². The monoisotopic (exact) mass is 648 g/mol. The summed E-state index contributed by atoms with van der Waals surface area (Å²) in [6, 6.07) is 47.5.